The predicted molar refractivity (Wildman–Crippen MR) is 221 cm³/mol. The van der Waals surface area contributed by atoms with Crippen LogP contribution in [0.2, 0.25) is 0 Å². The van der Waals surface area contributed by atoms with Crippen molar-refractivity contribution in [2.75, 3.05) is 0 Å². The van der Waals surface area contributed by atoms with Crippen LogP contribution in [0.15, 0.2) is 158 Å². The summed E-state index contributed by atoms with van der Waals surface area (Å²) in [4.78, 5) is 15.8. The third-order valence-corrected chi connectivity index (χ3v) is 12.3. The van der Waals surface area contributed by atoms with E-state index < -0.39 is 0 Å². The highest BCUT2D eigenvalue weighted by atomic mass is 32.1. The van der Waals surface area contributed by atoms with Gasteiger partial charge in [-0.25, -0.2) is 15.0 Å². The molecular weight excluding hydrogens is 665 g/mol. The van der Waals surface area contributed by atoms with E-state index in [1.165, 1.54) is 64.2 Å². The van der Waals surface area contributed by atoms with Gasteiger partial charge in [-0.1, -0.05) is 141 Å². The van der Waals surface area contributed by atoms with Crippen molar-refractivity contribution in [3.63, 3.8) is 0 Å². The Balaban J connectivity index is 1.18. The lowest BCUT2D eigenvalue weighted by Crippen LogP contribution is -2.14. The monoisotopic (exact) mass is 696 g/mol. The van der Waals surface area contributed by atoms with Gasteiger partial charge in [-0.3, -0.25) is 0 Å². The van der Waals surface area contributed by atoms with Crippen molar-refractivity contribution in [3.8, 4) is 51.0 Å². The van der Waals surface area contributed by atoms with Crippen LogP contribution in [-0.4, -0.2) is 19.5 Å². The van der Waals surface area contributed by atoms with Crippen LogP contribution in [-0.2, 0) is 5.41 Å². The van der Waals surface area contributed by atoms with Crippen LogP contribution in [0.1, 0.15) is 25.0 Å². The molecule has 4 nitrogen and oxygen atoms in total. The maximum atomic E-state index is 5.35. The van der Waals surface area contributed by atoms with Crippen molar-refractivity contribution in [2.45, 2.75) is 19.3 Å². The van der Waals surface area contributed by atoms with Gasteiger partial charge in [0.1, 0.15) is 0 Å². The molecule has 3 aromatic heterocycles. The lowest BCUT2D eigenvalue weighted by molar-refractivity contribution is 0.660. The average molecular weight is 697 g/mol. The lowest BCUT2D eigenvalue weighted by Gasteiger charge is -2.21. The molecule has 0 saturated carbocycles. The first-order valence-corrected chi connectivity index (χ1v) is 18.9. The number of rotatable bonds is 4. The van der Waals surface area contributed by atoms with Gasteiger partial charge in [0.2, 0.25) is 0 Å². The Morgan fingerprint density at radius 1 is 0.453 bits per heavy atom. The van der Waals surface area contributed by atoms with E-state index >= 15 is 0 Å². The molecule has 10 aromatic rings. The van der Waals surface area contributed by atoms with Gasteiger partial charge in [0.25, 0.3) is 0 Å². The van der Waals surface area contributed by atoms with E-state index in [-0.39, 0.29) is 5.41 Å². The van der Waals surface area contributed by atoms with E-state index in [0.717, 1.165) is 22.4 Å². The van der Waals surface area contributed by atoms with Gasteiger partial charge in [-0.05, 0) is 52.6 Å². The Morgan fingerprint density at radius 2 is 1.06 bits per heavy atom. The Labute approximate surface area is 310 Å². The topological polar surface area (TPSA) is 43.6 Å². The van der Waals surface area contributed by atoms with E-state index in [1.54, 1.807) is 0 Å². The molecule has 1 aliphatic rings. The summed E-state index contributed by atoms with van der Waals surface area (Å²) >= 11 is 1.84. The zero-order chi connectivity index (χ0) is 35.3. The molecule has 0 aliphatic heterocycles. The van der Waals surface area contributed by atoms with Crippen molar-refractivity contribution >= 4 is 53.3 Å². The summed E-state index contributed by atoms with van der Waals surface area (Å²) in [6, 6.07) is 56.2. The molecule has 250 valence electrons. The second-order valence-electron chi connectivity index (χ2n) is 14.4. The zero-order valence-corrected chi connectivity index (χ0v) is 30.0. The summed E-state index contributed by atoms with van der Waals surface area (Å²) in [7, 11) is 0. The molecule has 0 bridgehead atoms. The van der Waals surface area contributed by atoms with Crippen LogP contribution in [0, 0.1) is 0 Å². The van der Waals surface area contributed by atoms with Crippen molar-refractivity contribution in [1.29, 1.82) is 0 Å². The highest BCUT2D eigenvalue weighted by molar-refractivity contribution is 7.27. The third-order valence-electron chi connectivity index (χ3n) is 11.1. The second-order valence-corrected chi connectivity index (χ2v) is 15.4. The molecule has 0 saturated heterocycles. The number of thiophene rings is 1. The van der Waals surface area contributed by atoms with Gasteiger partial charge < -0.3 is 4.57 Å². The fourth-order valence-corrected chi connectivity index (χ4v) is 9.98. The first kappa shape index (κ1) is 30.2. The summed E-state index contributed by atoms with van der Waals surface area (Å²) in [5.74, 6) is 2.03. The van der Waals surface area contributed by atoms with Gasteiger partial charge in [0.05, 0.1) is 11.0 Å². The molecule has 7 aromatic carbocycles. The SMILES string of the molecule is CC1(C)c2ccccc2-c2c(-c3nc(-c4ccccc4)nc(-c4cccc5c4sc4c5ccc5c4c4ccccc4n5-c4ccccc4)n3)cccc21. The number of benzene rings is 7. The molecule has 11 rings (SSSR count). The minimum absolute atomic E-state index is 0.127. The lowest BCUT2D eigenvalue weighted by atomic mass is 9.82. The molecule has 0 N–H and O–H groups in total. The number of fused-ring (bicyclic) bond motifs is 10. The van der Waals surface area contributed by atoms with Gasteiger partial charge in [-0.15, -0.1) is 11.3 Å². The third kappa shape index (κ3) is 4.38. The van der Waals surface area contributed by atoms with E-state index in [2.05, 4.69) is 158 Å². The number of hydrogen-bond acceptors (Lipinski definition) is 4. The van der Waals surface area contributed by atoms with Crippen LogP contribution in [0.25, 0.3) is 93.0 Å². The fraction of sp³-hybridized carbons (Fsp3) is 0.0625. The Kier molecular flexibility index (Phi) is 6.43. The van der Waals surface area contributed by atoms with E-state index in [9.17, 15) is 0 Å². The molecule has 5 heteroatoms. The Morgan fingerprint density at radius 3 is 1.91 bits per heavy atom. The van der Waals surface area contributed by atoms with E-state index in [0.29, 0.717) is 17.5 Å². The smallest absolute Gasteiger partial charge is 0.165 e. The summed E-state index contributed by atoms with van der Waals surface area (Å²) in [6.45, 7) is 4.62. The van der Waals surface area contributed by atoms with Crippen LogP contribution in [0.3, 0.4) is 0 Å². The van der Waals surface area contributed by atoms with Gasteiger partial charge in [-0.2, -0.15) is 0 Å². The number of nitrogens with zero attached hydrogens (tertiary/aromatic N) is 4. The highest BCUT2D eigenvalue weighted by Gasteiger charge is 2.37. The summed E-state index contributed by atoms with van der Waals surface area (Å²) in [6.07, 6.45) is 0. The summed E-state index contributed by atoms with van der Waals surface area (Å²) in [5, 5.41) is 4.98. The van der Waals surface area contributed by atoms with Crippen molar-refractivity contribution in [2.24, 2.45) is 0 Å². The Hall–Kier alpha value is -6.43. The molecule has 0 radical (unpaired) electrons. The quantitative estimate of drug-likeness (QED) is 0.184. The number of aromatic nitrogens is 4. The highest BCUT2D eigenvalue weighted by Crippen LogP contribution is 2.52. The van der Waals surface area contributed by atoms with Gasteiger partial charge in [0, 0.05) is 58.7 Å². The Bertz CT molecular complexity index is 3080. The normalized spacial score (nSPS) is 13.2. The molecule has 0 unspecified atom stereocenters. The van der Waals surface area contributed by atoms with Crippen molar-refractivity contribution in [3.05, 3.63) is 169 Å². The van der Waals surface area contributed by atoms with Crippen LogP contribution >= 0.6 is 11.3 Å². The first-order chi connectivity index (χ1) is 26.1. The number of hydrogen-bond donors (Lipinski definition) is 0. The van der Waals surface area contributed by atoms with Gasteiger partial charge in [0.15, 0.2) is 17.5 Å². The molecule has 1 aliphatic carbocycles. The van der Waals surface area contributed by atoms with Crippen LogP contribution in [0.5, 0.6) is 0 Å². The molecule has 0 amide bonds. The van der Waals surface area contributed by atoms with Crippen molar-refractivity contribution < 1.29 is 0 Å². The van der Waals surface area contributed by atoms with Crippen LogP contribution in [0.4, 0.5) is 0 Å². The maximum absolute atomic E-state index is 5.35. The summed E-state index contributed by atoms with van der Waals surface area (Å²) in [5.41, 5.74) is 11.5. The molecular formula is C48H32N4S. The summed E-state index contributed by atoms with van der Waals surface area (Å²) < 4.78 is 4.83. The van der Waals surface area contributed by atoms with Crippen LogP contribution < -0.4 is 0 Å². The van der Waals surface area contributed by atoms with Gasteiger partial charge >= 0.3 is 0 Å². The van der Waals surface area contributed by atoms with Crippen molar-refractivity contribution in [1.82, 2.24) is 19.5 Å². The minimum Gasteiger partial charge on any atom is -0.309 e. The molecule has 0 spiro atoms. The number of para-hydroxylation sites is 2. The first-order valence-electron chi connectivity index (χ1n) is 18.0. The fourth-order valence-electron chi connectivity index (χ4n) is 8.61. The minimum atomic E-state index is -0.127. The van der Waals surface area contributed by atoms with E-state index in [1.807, 2.05) is 29.5 Å². The molecule has 53 heavy (non-hydrogen) atoms. The maximum Gasteiger partial charge on any atom is 0.165 e. The predicted octanol–water partition coefficient (Wildman–Crippen LogP) is 12.6. The largest absolute Gasteiger partial charge is 0.309 e. The standard InChI is InChI=1S/C48H32N4S/c1-48(2)37-24-11-9-19-33(37)41-35(22-14-25-38(41)48)46-49-45(29-15-5-3-6-16-29)50-47(51-46)36-23-13-21-31-32-27-28-40-42(44(32)53-43(31)36)34-20-10-12-26-39(34)52(40)30-17-7-4-8-18-30/h3-28H,1-2H3. The van der Waals surface area contributed by atoms with E-state index in [4.69, 9.17) is 15.0 Å². The average Bonchev–Trinajstić information content (AvgIpc) is 3.84. The zero-order valence-electron chi connectivity index (χ0n) is 29.2. The molecule has 0 fully saturated rings. The molecule has 0 atom stereocenters. The molecule has 3 heterocycles. The second kappa shape index (κ2) is 11.3.